The van der Waals surface area contributed by atoms with Crippen LogP contribution in [-0.2, 0) is 0 Å². The van der Waals surface area contributed by atoms with Gasteiger partial charge in [0.2, 0.25) is 0 Å². The van der Waals surface area contributed by atoms with Gasteiger partial charge in [-0.2, -0.15) is 0 Å². The molecule has 1 heterocycles. The quantitative estimate of drug-likeness (QED) is 0.752. The normalized spacial score (nSPS) is 12.5. The average Bonchev–Trinajstić information content (AvgIpc) is 2.46. The molecule has 2 N–H and O–H groups in total. The molecule has 1 unspecified atom stereocenters. The Hall–Kier alpha value is -2.19. The van der Waals surface area contributed by atoms with E-state index in [-0.39, 0.29) is 6.04 Å². The summed E-state index contributed by atoms with van der Waals surface area (Å²) >= 11 is 0. The maximum absolute atomic E-state index is 6.44. The van der Waals surface area contributed by atoms with Gasteiger partial charge in [-0.25, -0.2) is 0 Å². The predicted molar refractivity (Wildman–Crippen MR) is 79.0 cm³/mol. The number of nitrogens with zero attached hydrogens (tertiary/aromatic N) is 1. The molecule has 0 saturated carbocycles. The van der Waals surface area contributed by atoms with E-state index in [0.717, 1.165) is 22.0 Å². The second kappa shape index (κ2) is 4.82. The van der Waals surface area contributed by atoms with Crippen molar-refractivity contribution >= 4 is 10.9 Å². The molecule has 2 aromatic carbocycles. The van der Waals surface area contributed by atoms with Crippen molar-refractivity contribution in [1.29, 1.82) is 0 Å². The van der Waals surface area contributed by atoms with Crippen LogP contribution in [-0.4, -0.2) is 4.98 Å². The Balaban J connectivity index is 2.17. The van der Waals surface area contributed by atoms with Gasteiger partial charge in [0.1, 0.15) is 0 Å². The first-order valence-electron chi connectivity index (χ1n) is 6.42. The van der Waals surface area contributed by atoms with Gasteiger partial charge in [-0.3, -0.25) is 4.98 Å². The van der Waals surface area contributed by atoms with Gasteiger partial charge < -0.3 is 5.73 Å². The molecule has 1 atom stereocenters. The molecule has 2 nitrogen and oxygen atoms in total. The minimum Gasteiger partial charge on any atom is -0.320 e. The Morgan fingerprint density at radius 2 is 1.63 bits per heavy atom. The highest BCUT2D eigenvalue weighted by molar-refractivity contribution is 5.82. The lowest BCUT2D eigenvalue weighted by Gasteiger charge is -2.16. The van der Waals surface area contributed by atoms with Gasteiger partial charge in [0.15, 0.2) is 0 Å². The molecule has 0 bridgehead atoms. The number of rotatable bonds is 2. The van der Waals surface area contributed by atoms with Crippen LogP contribution < -0.4 is 5.73 Å². The van der Waals surface area contributed by atoms with E-state index in [2.05, 4.69) is 42.2 Å². The highest BCUT2D eigenvalue weighted by Crippen LogP contribution is 2.27. The molecule has 0 spiro atoms. The summed E-state index contributed by atoms with van der Waals surface area (Å²) in [6, 6.07) is 18.3. The molecule has 0 aliphatic carbocycles. The molecule has 0 radical (unpaired) electrons. The van der Waals surface area contributed by atoms with Gasteiger partial charge in [0.25, 0.3) is 0 Å². The smallest absolute Gasteiger partial charge is 0.0753 e. The molecule has 19 heavy (non-hydrogen) atoms. The zero-order valence-corrected chi connectivity index (χ0v) is 10.9. The summed E-state index contributed by atoms with van der Waals surface area (Å²) < 4.78 is 0. The van der Waals surface area contributed by atoms with Crippen LogP contribution in [0.2, 0.25) is 0 Å². The monoisotopic (exact) mass is 248 g/mol. The van der Waals surface area contributed by atoms with Gasteiger partial charge in [0.05, 0.1) is 11.6 Å². The zero-order valence-electron chi connectivity index (χ0n) is 10.9. The van der Waals surface area contributed by atoms with Crippen LogP contribution >= 0.6 is 0 Å². The van der Waals surface area contributed by atoms with Crippen molar-refractivity contribution in [3.8, 4) is 0 Å². The zero-order chi connectivity index (χ0) is 13.2. The van der Waals surface area contributed by atoms with Gasteiger partial charge in [-0.15, -0.1) is 0 Å². The molecule has 0 aliphatic rings. The number of para-hydroxylation sites is 1. The van der Waals surface area contributed by atoms with E-state index >= 15 is 0 Å². The van der Waals surface area contributed by atoms with Crippen LogP contribution in [0.25, 0.3) is 10.9 Å². The number of pyridine rings is 1. The highest BCUT2D eigenvalue weighted by Gasteiger charge is 2.14. The van der Waals surface area contributed by atoms with E-state index in [1.165, 1.54) is 5.56 Å². The van der Waals surface area contributed by atoms with Crippen molar-refractivity contribution in [3.05, 3.63) is 77.5 Å². The van der Waals surface area contributed by atoms with E-state index in [0.29, 0.717) is 0 Å². The van der Waals surface area contributed by atoms with Gasteiger partial charge >= 0.3 is 0 Å². The Kier molecular flexibility index (Phi) is 3.02. The molecule has 0 aliphatic heterocycles. The summed E-state index contributed by atoms with van der Waals surface area (Å²) in [5.41, 5.74) is 10.9. The van der Waals surface area contributed by atoms with Gasteiger partial charge in [0, 0.05) is 11.6 Å². The summed E-state index contributed by atoms with van der Waals surface area (Å²) in [4.78, 5) is 4.48. The number of aromatic nitrogens is 1. The summed E-state index contributed by atoms with van der Waals surface area (Å²) in [7, 11) is 0. The number of benzene rings is 2. The summed E-state index contributed by atoms with van der Waals surface area (Å²) in [5.74, 6) is 0. The Bertz CT molecular complexity index is 714. The molecule has 1 aromatic heterocycles. The third-order valence-electron chi connectivity index (χ3n) is 3.52. The van der Waals surface area contributed by atoms with Crippen LogP contribution in [0.15, 0.2) is 60.8 Å². The number of hydrogen-bond donors (Lipinski definition) is 1. The molecule has 0 amide bonds. The number of hydrogen-bond acceptors (Lipinski definition) is 2. The molecule has 3 aromatic rings. The molecule has 3 rings (SSSR count). The lowest BCUT2D eigenvalue weighted by molar-refractivity contribution is 0.867. The van der Waals surface area contributed by atoms with Crippen LogP contribution in [0.1, 0.15) is 22.7 Å². The Morgan fingerprint density at radius 1 is 0.895 bits per heavy atom. The SMILES string of the molecule is Cc1ccccc1C(N)c1cccc2cccnc12. The predicted octanol–water partition coefficient (Wildman–Crippen LogP) is 3.59. The lowest BCUT2D eigenvalue weighted by Crippen LogP contribution is -2.14. The van der Waals surface area contributed by atoms with Crippen LogP contribution in [0.3, 0.4) is 0 Å². The number of nitrogens with two attached hydrogens (primary N) is 1. The van der Waals surface area contributed by atoms with E-state index in [9.17, 15) is 0 Å². The lowest BCUT2D eigenvalue weighted by atomic mass is 9.94. The molecule has 0 fully saturated rings. The molecule has 2 heteroatoms. The van der Waals surface area contributed by atoms with E-state index < -0.39 is 0 Å². The fraction of sp³-hybridized carbons (Fsp3) is 0.118. The maximum atomic E-state index is 6.44. The second-order valence-electron chi connectivity index (χ2n) is 4.76. The van der Waals surface area contributed by atoms with Crippen molar-refractivity contribution in [3.63, 3.8) is 0 Å². The minimum atomic E-state index is -0.139. The van der Waals surface area contributed by atoms with Crippen LogP contribution in [0, 0.1) is 6.92 Å². The van der Waals surface area contributed by atoms with E-state index in [1.807, 2.05) is 30.5 Å². The van der Waals surface area contributed by atoms with Crippen molar-refractivity contribution in [1.82, 2.24) is 4.98 Å². The fourth-order valence-electron chi connectivity index (χ4n) is 2.48. The first-order valence-corrected chi connectivity index (χ1v) is 6.42. The topological polar surface area (TPSA) is 38.9 Å². The molecular weight excluding hydrogens is 232 g/mol. The second-order valence-corrected chi connectivity index (χ2v) is 4.76. The first kappa shape index (κ1) is 11.9. The van der Waals surface area contributed by atoms with E-state index in [1.54, 1.807) is 0 Å². The van der Waals surface area contributed by atoms with E-state index in [4.69, 9.17) is 5.73 Å². The average molecular weight is 248 g/mol. The van der Waals surface area contributed by atoms with Crippen molar-refractivity contribution < 1.29 is 0 Å². The van der Waals surface area contributed by atoms with Crippen molar-refractivity contribution in [2.45, 2.75) is 13.0 Å². The maximum Gasteiger partial charge on any atom is 0.0753 e. The third kappa shape index (κ3) is 2.11. The van der Waals surface area contributed by atoms with Crippen LogP contribution in [0.4, 0.5) is 0 Å². The van der Waals surface area contributed by atoms with Crippen LogP contribution in [0.5, 0.6) is 0 Å². The number of aryl methyl sites for hydroxylation is 1. The summed E-state index contributed by atoms with van der Waals surface area (Å²) in [5, 5.41) is 1.13. The fourth-order valence-corrected chi connectivity index (χ4v) is 2.48. The number of fused-ring (bicyclic) bond motifs is 1. The minimum absolute atomic E-state index is 0.139. The third-order valence-corrected chi connectivity index (χ3v) is 3.52. The Morgan fingerprint density at radius 3 is 2.47 bits per heavy atom. The standard InChI is InChI=1S/C17H16N2/c1-12-6-2-3-9-14(12)16(18)15-10-4-7-13-8-5-11-19-17(13)15/h2-11,16H,18H2,1H3. The summed E-state index contributed by atoms with van der Waals surface area (Å²) in [6.45, 7) is 2.09. The highest BCUT2D eigenvalue weighted by atomic mass is 14.7. The summed E-state index contributed by atoms with van der Waals surface area (Å²) in [6.07, 6.45) is 1.82. The molecular formula is C17H16N2. The first-order chi connectivity index (χ1) is 9.27. The van der Waals surface area contributed by atoms with Crippen molar-refractivity contribution in [2.75, 3.05) is 0 Å². The largest absolute Gasteiger partial charge is 0.320 e. The molecule has 0 saturated heterocycles. The Labute approximate surface area is 112 Å². The van der Waals surface area contributed by atoms with Crippen molar-refractivity contribution in [2.24, 2.45) is 5.73 Å². The van der Waals surface area contributed by atoms with Gasteiger partial charge in [-0.05, 0) is 29.7 Å². The molecule has 94 valence electrons. The van der Waals surface area contributed by atoms with Gasteiger partial charge in [-0.1, -0.05) is 48.5 Å².